The van der Waals surface area contributed by atoms with Crippen LogP contribution in [0.2, 0.25) is 0 Å². The Morgan fingerprint density at radius 1 is 0.914 bits per heavy atom. The van der Waals surface area contributed by atoms with Gasteiger partial charge in [-0.05, 0) is 41.9 Å². The van der Waals surface area contributed by atoms with Gasteiger partial charge < -0.3 is 22.7 Å². The minimum Gasteiger partial charge on any atom is -1.00 e. The lowest BCUT2D eigenvalue weighted by Gasteiger charge is -2.37. The van der Waals surface area contributed by atoms with E-state index >= 15 is 0 Å². The maximum absolute atomic E-state index is 13.3. The number of nitrogens with two attached hydrogens (primary N) is 1. The molecule has 1 fully saturated rings. The number of hydrogen-bond acceptors (Lipinski definition) is 1. The van der Waals surface area contributed by atoms with Crippen LogP contribution in [-0.2, 0) is 16.8 Å². The van der Waals surface area contributed by atoms with Gasteiger partial charge in [0.25, 0.3) is 5.82 Å². The summed E-state index contributed by atoms with van der Waals surface area (Å²) in [5, 5.41) is 0. The molecule has 1 amide bonds. The molecule has 1 aliphatic carbocycles. The molecule has 0 spiro atoms. The number of nitrogens with zero attached hydrogens (tertiary/aromatic N) is 2. The fraction of sp³-hybridized carbons (Fsp3) is 0.267. The third kappa shape index (κ3) is 4.57. The summed E-state index contributed by atoms with van der Waals surface area (Å²) in [6.07, 6.45) is 7.26. The highest BCUT2D eigenvalue weighted by molar-refractivity contribution is 5.91. The average molecular weight is 531 g/mol. The number of carbonyl (C=O) groups excluding carboxylic acids is 1. The molecule has 5 rings (SSSR count). The van der Waals surface area contributed by atoms with Crippen molar-refractivity contribution in [1.29, 1.82) is 0 Å². The van der Waals surface area contributed by atoms with Gasteiger partial charge in [-0.1, -0.05) is 91.0 Å². The number of aromatic nitrogens is 2. The van der Waals surface area contributed by atoms with E-state index in [9.17, 15) is 4.79 Å². The fourth-order valence-electron chi connectivity index (χ4n) is 5.98. The largest absolute Gasteiger partial charge is 1.00 e. The first-order chi connectivity index (χ1) is 16.6. The number of benzene rings is 3. The molecule has 1 heterocycles. The van der Waals surface area contributed by atoms with Crippen molar-refractivity contribution < 1.29 is 26.3 Å². The normalized spacial score (nSPS) is 17.6. The molecule has 4 nitrogen and oxygen atoms in total. The molecule has 0 bridgehead atoms. The minimum atomic E-state index is -0.835. The molecule has 35 heavy (non-hydrogen) atoms. The quantitative estimate of drug-likeness (QED) is 0.365. The van der Waals surface area contributed by atoms with Gasteiger partial charge in [0.2, 0.25) is 5.91 Å². The summed E-state index contributed by atoms with van der Waals surface area (Å²) in [5.41, 5.74) is 8.70. The highest BCUT2D eigenvalue weighted by atomic mass is 79.9. The smallest absolute Gasteiger partial charge is 0.253 e. The molecule has 2 unspecified atom stereocenters. The molecule has 1 aromatic heterocycles. The molecule has 180 valence electrons. The molecule has 5 heteroatoms. The van der Waals surface area contributed by atoms with Gasteiger partial charge in [0.1, 0.15) is 30.4 Å². The van der Waals surface area contributed by atoms with E-state index in [-0.39, 0.29) is 28.8 Å². The van der Waals surface area contributed by atoms with Gasteiger partial charge in [0, 0.05) is 6.92 Å². The number of carbonyl (C=O) groups is 1. The van der Waals surface area contributed by atoms with Crippen molar-refractivity contribution in [2.75, 3.05) is 0 Å². The Morgan fingerprint density at radius 2 is 1.46 bits per heavy atom. The first-order valence-corrected chi connectivity index (χ1v) is 12.1. The van der Waals surface area contributed by atoms with Crippen molar-refractivity contribution in [2.45, 2.75) is 44.2 Å². The Hall–Kier alpha value is -3.18. The van der Waals surface area contributed by atoms with Crippen molar-refractivity contribution in [3.8, 4) is 0 Å². The molecule has 1 saturated carbocycles. The van der Waals surface area contributed by atoms with E-state index in [4.69, 9.17) is 5.73 Å². The summed E-state index contributed by atoms with van der Waals surface area (Å²) in [5.74, 6) is 1.10. The Labute approximate surface area is 218 Å². The maximum Gasteiger partial charge on any atom is 0.253 e. The van der Waals surface area contributed by atoms with Crippen LogP contribution in [0.5, 0.6) is 0 Å². The van der Waals surface area contributed by atoms with Crippen LogP contribution in [0.25, 0.3) is 0 Å². The third-order valence-corrected chi connectivity index (χ3v) is 7.65. The van der Waals surface area contributed by atoms with Crippen molar-refractivity contribution >= 4 is 5.91 Å². The van der Waals surface area contributed by atoms with Crippen molar-refractivity contribution in [2.24, 2.45) is 11.7 Å². The maximum atomic E-state index is 13.3. The number of rotatable bonds is 7. The van der Waals surface area contributed by atoms with E-state index in [1.165, 1.54) is 11.4 Å². The second kappa shape index (κ2) is 10.6. The predicted octanol–water partition coefficient (Wildman–Crippen LogP) is 1.95. The van der Waals surface area contributed by atoms with E-state index in [1.807, 2.05) is 36.4 Å². The lowest BCUT2D eigenvalue weighted by Crippen LogP contribution is -3.00. The zero-order valence-corrected chi connectivity index (χ0v) is 21.6. The van der Waals surface area contributed by atoms with Gasteiger partial charge in [-0.25, -0.2) is 9.13 Å². The topological polar surface area (TPSA) is 51.9 Å². The summed E-state index contributed by atoms with van der Waals surface area (Å²) in [6, 6.07) is 31.1. The number of amides is 1. The fourth-order valence-corrected chi connectivity index (χ4v) is 5.98. The van der Waals surface area contributed by atoms with E-state index in [0.717, 1.165) is 36.9 Å². The summed E-state index contributed by atoms with van der Waals surface area (Å²) in [6.45, 7) is 3.04. The standard InChI is InChI=1S/C30H31N3O.BrH/c1-23-32(22-24-11-5-2-6-12-24)19-20-33(23)28-18-17-27(21-28)30(29(31)34,25-13-7-3-8-14-25)26-15-9-4-10-16-26;/h2-16,19-20,27-28H,17-18,21-22H2,1H3,(H-,31,34);1H. The first kappa shape index (κ1) is 24.9. The van der Waals surface area contributed by atoms with E-state index in [2.05, 4.69) is 83.0 Å². The van der Waals surface area contributed by atoms with Crippen molar-refractivity contribution in [1.82, 2.24) is 4.57 Å². The Kier molecular flexibility index (Phi) is 7.56. The van der Waals surface area contributed by atoms with Gasteiger partial charge in [0.15, 0.2) is 0 Å². The molecule has 3 aromatic carbocycles. The average Bonchev–Trinajstić information content (AvgIpc) is 3.49. The zero-order valence-electron chi connectivity index (χ0n) is 20.1. The molecule has 0 saturated heterocycles. The number of hydrogen-bond donors (Lipinski definition) is 1. The van der Waals surface area contributed by atoms with Crippen molar-refractivity contribution in [3.63, 3.8) is 0 Å². The molecular weight excluding hydrogens is 498 g/mol. The van der Waals surface area contributed by atoms with Gasteiger partial charge >= 0.3 is 0 Å². The van der Waals surface area contributed by atoms with Crippen LogP contribution in [0.1, 0.15) is 47.8 Å². The summed E-state index contributed by atoms with van der Waals surface area (Å²) < 4.78 is 4.70. The number of primary amides is 1. The second-order valence-corrected chi connectivity index (χ2v) is 9.43. The first-order valence-electron chi connectivity index (χ1n) is 12.1. The van der Waals surface area contributed by atoms with Crippen LogP contribution in [0.4, 0.5) is 0 Å². The van der Waals surface area contributed by atoms with Gasteiger partial charge in [-0.3, -0.25) is 4.79 Å². The molecule has 4 aromatic rings. The van der Waals surface area contributed by atoms with Gasteiger partial charge in [-0.15, -0.1) is 0 Å². The summed E-state index contributed by atoms with van der Waals surface area (Å²) in [7, 11) is 0. The van der Waals surface area contributed by atoms with Crippen LogP contribution in [0.15, 0.2) is 103 Å². The third-order valence-electron chi connectivity index (χ3n) is 7.65. The molecule has 0 aliphatic heterocycles. The molecule has 1 aliphatic rings. The Bertz CT molecular complexity index is 1220. The van der Waals surface area contributed by atoms with Crippen LogP contribution in [-0.4, -0.2) is 10.5 Å². The van der Waals surface area contributed by atoms with E-state index in [1.54, 1.807) is 0 Å². The summed E-state index contributed by atoms with van der Waals surface area (Å²) in [4.78, 5) is 13.3. The number of imidazole rings is 1. The minimum absolute atomic E-state index is 0. The lowest BCUT2D eigenvalue weighted by molar-refractivity contribution is -0.694. The van der Waals surface area contributed by atoms with E-state index in [0.29, 0.717) is 6.04 Å². The van der Waals surface area contributed by atoms with Crippen LogP contribution < -0.4 is 27.3 Å². The van der Waals surface area contributed by atoms with Crippen molar-refractivity contribution in [3.05, 3.63) is 126 Å². The monoisotopic (exact) mass is 529 g/mol. The van der Waals surface area contributed by atoms with Crippen LogP contribution >= 0.6 is 0 Å². The Balaban J connectivity index is 0.00000289. The molecule has 2 N–H and O–H groups in total. The van der Waals surface area contributed by atoms with Crippen LogP contribution in [0, 0.1) is 12.8 Å². The second-order valence-electron chi connectivity index (χ2n) is 9.43. The number of halogens is 1. The van der Waals surface area contributed by atoms with E-state index < -0.39 is 5.41 Å². The highest BCUT2D eigenvalue weighted by Gasteiger charge is 2.51. The van der Waals surface area contributed by atoms with Gasteiger partial charge in [0.05, 0.1) is 0 Å². The molecule has 0 radical (unpaired) electrons. The van der Waals surface area contributed by atoms with Crippen LogP contribution in [0.3, 0.4) is 0 Å². The van der Waals surface area contributed by atoms with Gasteiger partial charge in [-0.2, -0.15) is 0 Å². The Morgan fingerprint density at radius 3 is 2.00 bits per heavy atom. The summed E-state index contributed by atoms with van der Waals surface area (Å²) >= 11 is 0. The zero-order chi connectivity index (χ0) is 23.5. The molecular formula is C30H32BrN3O. The lowest BCUT2D eigenvalue weighted by atomic mass is 9.64. The highest BCUT2D eigenvalue weighted by Crippen LogP contribution is 2.49. The SMILES string of the molecule is Cc1n(C2CCC(C(C(N)=O)(c3ccccc3)c3ccccc3)C2)cc[n+]1Cc1ccccc1.[Br-]. The molecule has 2 atom stereocenters. The predicted molar refractivity (Wildman–Crippen MR) is 134 cm³/mol.